The number of aromatic nitrogens is 1. The van der Waals surface area contributed by atoms with Gasteiger partial charge in [0.2, 0.25) is 5.88 Å². The van der Waals surface area contributed by atoms with Crippen molar-refractivity contribution < 1.29 is 4.74 Å². The minimum absolute atomic E-state index is 0.592. The van der Waals surface area contributed by atoms with Crippen LogP contribution in [0.5, 0.6) is 11.6 Å². The smallest absolute Gasteiger partial charge is 0.222 e. The summed E-state index contributed by atoms with van der Waals surface area (Å²) in [4.78, 5) is 4.24. The van der Waals surface area contributed by atoms with E-state index >= 15 is 0 Å². The average molecular weight is 340 g/mol. The molecule has 0 fully saturated rings. The van der Waals surface area contributed by atoms with Gasteiger partial charge in [0.15, 0.2) is 0 Å². The summed E-state index contributed by atoms with van der Waals surface area (Å²) in [6.45, 7) is 0.592. The molecule has 1 aromatic heterocycles. The summed E-state index contributed by atoms with van der Waals surface area (Å²) in [6, 6.07) is 11.8. The molecule has 4 heteroatoms. The van der Waals surface area contributed by atoms with E-state index in [1.807, 2.05) is 36.4 Å². The molecule has 1 heterocycles. The van der Waals surface area contributed by atoms with Crippen LogP contribution in [0.3, 0.4) is 0 Å². The maximum absolute atomic E-state index is 5.77. The topological polar surface area (TPSA) is 48.1 Å². The Labute approximate surface area is 114 Å². The first-order chi connectivity index (χ1) is 8.29. The quantitative estimate of drug-likeness (QED) is 0.871. The van der Waals surface area contributed by atoms with Gasteiger partial charge in [0.1, 0.15) is 5.75 Å². The highest BCUT2D eigenvalue weighted by atomic mass is 127. The van der Waals surface area contributed by atoms with E-state index in [9.17, 15) is 0 Å². The predicted molar refractivity (Wildman–Crippen MR) is 76.2 cm³/mol. The molecule has 0 aliphatic carbocycles. The Hall–Kier alpha value is -1.14. The highest BCUT2D eigenvalue weighted by molar-refractivity contribution is 14.1. The van der Waals surface area contributed by atoms with Crippen molar-refractivity contribution in [1.82, 2.24) is 4.98 Å². The van der Waals surface area contributed by atoms with Crippen molar-refractivity contribution in [2.75, 3.05) is 6.54 Å². The zero-order valence-corrected chi connectivity index (χ0v) is 11.4. The maximum Gasteiger partial charge on any atom is 0.222 e. The van der Waals surface area contributed by atoms with Crippen molar-refractivity contribution in [2.24, 2.45) is 5.73 Å². The van der Waals surface area contributed by atoms with Gasteiger partial charge in [-0.2, -0.15) is 0 Å². The summed E-state index contributed by atoms with van der Waals surface area (Å²) in [5.41, 5.74) is 6.60. The fourth-order valence-electron chi connectivity index (χ4n) is 1.50. The van der Waals surface area contributed by atoms with Crippen LogP contribution >= 0.6 is 22.6 Å². The normalized spacial score (nSPS) is 10.2. The van der Waals surface area contributed by atoms with Gasteiger partial charge in [0.25, 0.3) is 0 Å². The van der Waals surface area contributed by atoms with Gasteiger partial charge in [0.05, 0.1) is 0 Å². The molecule has 0 radical (unpaired) electrons. The molecule has 2 rings (SSSR count). The second kappa shape index (κ2) is 5.97. The lowest BCUT2D eigenvalue weighted by molar-refractivity contribution is 0.456. The van der Waals surface area contributed by atoms with E-state index in [2.05, 4.69) is 27.6 Å². The van der Waals surface area contributed by atoms with E-state index in [4.69, 9.17) is 10.5 Å². The van der Waals surface area contributed by atoms with E-state index < -0.39 is 0 Å². The van der Waals surface area contributed by atoms with Gasteiger partial charge in [-0.1, -0.05) is 12.1 Å². The predicted octanol–water partition coefficient (Wildman–Crippen LogP) is 2.98. The molecule has 0 atom stereocenters. The van der Waals surface area contributed by atoms with Gasteiger partial charge in [-0.3, -0.25) is 0 Å². The molecule has 2 aromatic rings. The first kappa shape index (κ1) is 12.3. The summed E-state index contributed by atoms with van der Waals surface area (Å²) >= 11 is 2.25. The molecule has 0 aliphatic heterocycles. The van der Waals surface area contributed by atoms with E-state index in [-0.39, 0.29) is 0 Å². The lowest BCUT2D eigenvalue weighted by Crippen LogP contribution is -2.04. The minimum atomic E-state index is 0.592. The van der Waals surface area contributed by atoms with E-state index in [0.29, 0.717) is 12.4 Å². The Morgan fingerprint density at radius 2 is 2.12 bits per heavy atom. The lowest BCUT2D eigenvalue weighted by Gasteiger charge is -2.09. The molecule has 2 N–H and O–H groups in total. The van der Waals surface area contributed by atoms with Crippen LogP contribution in [0.25, 0.3) is 0 Å². The second-order valence-electron chi connectivity index (χ2n) is 3.57. The number of benzene rings is 1. The summed E-state index contributed by atoms with van der Waals surface area (Å²) in [6.07, 6.45) is 2.50. The number of nitrogens with two attached hydrogens (primary N) is 1. The maximum atomic E-state index is 5.77. The molecule has 0 spiro atoms. The third kappa shape index (κ3) is 3.41. The molecule has 0 amide bonds. The van der Waals surface area contributed by atoms with Crippen LogP contribution in [0, 0.1) is 3.57 Å². The highest BCUT2D eigenvalue weighted by Crippen LogP contribution is 2.24. The van der Waals surface area contributed by atoms with Crippen molar-refractivity contribution in [3.05, 3.63) is 51.7 Å². The van der Waals surface area contributed by atoms with E-state index in [0.717, 1.165) is 21.3 Å². The third-order valence-corrected chi connectivity index (χ3v) is 2.95. The van der Waals surface area contributed by atoms with Crippen LogP contribution in [-0.4, -0.2) is 11.5 Å². The zero-order valence-electron chi connectivity index (χ0n) is 9.27. The third-order valence-electron chi connectivity index (χ3n) is 2.27. The summed E-state index contributed by atoms with van der Waals surface area (Å²) in [7, 11) is 0. The van der Waals surface area contributed by atoms with Crippen LogP contribution in [0.15, 0.2) is 42.6 Å². The molecule has 88 valence electrons. The molecule has 0 bridgehead atoms. The Morgan fingerprint density at radius 3 is 2.88 bits per heavy atom. The van der Waals surface area contributed by atoms with Crippen LogP contribution in [-0.2, 0) is 6.42 Å². The highest BCUT2D eigenvalue weighted by Gasteiger charge is 2.05. The van der Waals surface area contributed by atoms with Crippen LogP contribution in [0.4, 0.5) is 0 Å². The molecule has 1 aromatic carbocycles. The summed E-state index contributed by atoms with van der Waals surface area (Å²) < 4.78 is 6.91. The van der Waals surface area contributed by atoms with Crippen LogP contribution in [0.2, 0.25) is 0 Å². The Balaban J connectivity index is 2.23. The Morgan fingerprint density at radius 1 is 1.24 bits per heavy atom. The van der Waals surface area contributed by atoms with Crippen LogP contribution in [0.1, 0.15) is 5.56 Å². The van der Waals surface area contributed by atoms with Crippen molar-refractivity contribution in [1.29, 1.82) is 0 Å². The molecule has 3 nitrogen and oxygen atoms in total. The summed E-state index contributed by atoms with van der Waals surface area (Å²) in [5, 5.41) is 0. The Kier molecular flexibility index (Phi) is 4.33. The summed E-state index contributed by atoms with van der Waals surface area (Å²) in [5.74, 6) is 1.44. The van der Waals surface area contributed by atoms with E-state index in [1.165, 1.54) is 0 Å². The molecule has 0 saturated carbocycles. The molecular formula is C13H13IN2O. The molecule has 0 aliphatic rings. The van der Waals surface area contributed by atoms with Crippen molar-refractivity contribution in [3.63, 3.8) is 0 Å². The van der Waals surface area contributed by atoms with Gasteiger partial charge < -0.3 is 10.5 Å². The fraction of sp³-hybridized carbons (Fsp3) is 0.154. The van der Waals surface area contributed by atoms with Crippen molar-refractivity contribution in [2.45, 2.75) is 6.42 Å². The molecule has 0 unspecified atom stereocenters. The largest absolute Gasteiger partial charge is 0.439 e. The standard InChI is InChI=1S/C13H13IN2O/c14-11-4-1-5-12(9-11)17-13-10(6-7-15)3-2-8-16-13/h1-5,8-9H,6-7,15H2. The van der Waals surface area contributed by atoms with Crippen molar-refractivity contribution >= 4 is 22.6 Å². The van der Waals surface area contributed by atoms with Crippen LogP contribution < -0.4 is 10.5 Å². The number of rotatable bonds is 4. The van der Waals surface area contributed by atoms with Gasteiger partial charge >= 0.3 is 0 Å². The monoisotopic (exact) mass is 340 g/mol. The van der Waals surface area contributed by atoms with Gasteiger partial charge in [-0.25, -0.2) is 4.98 Å². The molecule has 17 heavy (non-hydrogen) atoms. The number of nitrogens with zero attached hydrogens (tertiary/aromatic N) is 1. The SMILES string of the molecule is NCCc1cccnc1Oc1cccc(I)c1. The molecular weight excluding hydrogens is 327 g/mol. The van der Waals surface area contributed by atoms with Gasteiger partial charge in [-0.05, 0) is 59.8 Å². The number of pyridine rings is 1. The van der Waals surface area contributed by atoms with Gasteiger partial charge in [0, 0.05) is 15.3 Å². The average Bonchev–Trinajstić information content (AvgIpc) is 2.32. The number of halogens is 1. The fourth-order valence-corrected chi connectivity index (χ4v) is 2.02. The number of ether oxygens (including phenoxy) is 1. The Bertz CT molecular complexity index is 502. The second-order valence-corrected chi connectivity index (χ2v) is 4.81. The van der Waals surface area contributed by atoms with E-state index in [1.54, 1.807) is 6.20 Å². The molecule has 0 saturated heterocycles. The van der Waals surface area contributed by atoms with Gasteiger partial charge in [-0.15, -0.1) is 0 Å². The number of hydrogen-bond acceptors (Lipinski definition) is 3. The first-order valence-corrected chi connectivity index (χ1v) is 6.45. The lowest BCUT2D eigenvalue weighted by atomic mass is 10.2. The minimum Gasteiger partial charge on any atom is -0.439 e. The number of hydrogen-bond donors (Lipinski definition) is 1. The zero-order chi connectivity index (χ0) is 12.1. The first-order valence-electron chi connectivity index (χ1n) is 5.37. The van der Waals surface area contributed by atoms with Crippen molar-refractivity contribution in [3.8, 4) is 11.6 Å².